The maximum absolute atomic E-state index is 11.0. The van der Waals surface area contributed by atoms with Gasteiger partial charge in [0.2, 0.25) is 0 Å². The highest BCUT2D eigenvalue weighted by Gasteiger charge is 2.16. The molecule has 1 aromatic heterocycles. The summed E-state index contributed by atoms with van der Waals surface area (Å²) in [6, 6.07) is 25.7. The Morgan fingerprint density at radius 1 is 0.912 bits per heavy atom. The van der Waals surface area contributed by atoms with Crippen molar-refractivity contribution in [1.82, 2.24) is 5.16 Å². The average molecular weight is 456 g/mol. The molecule has 0 amide bonds. The van der Waals surface area contributed by atoms with Crippen LogP contribution in [0.2, 0.25) is 0 Å². The molecule has 0 fully saturated rings. The van der Waals surface area contributed by atoms with Crippen LogP contribution in [0, 0.1) is 6.92 Å². The molecule has 4 rings (SSSR count). The number of aliphatic hydroxyl groups excluding tert-OH is 1. The first-order valence-electron chi connectivity index (χ1n) is 11.6. The molecular weight excluding hydrogens is 426 g/mol. The molecule has 0 aliphatic rings. The van der Waals surface area contributed by atoms with Crippen LogP contribution in [-0.4, -0.2) is 21.3 Å². The van der Waals surface area contributed by atoms with E-state index in [2.05, 4.69) is 5.16 Å². The molecule has 3 aromatic carbocycles. The summed E-state index contributed by atoms with van der Waals surface area (Å²) in [4.78, 5) is 11.0. The molecule has 0 spiro atoms. The minimum atomic E-state index is -0.797. The van der Waals surface area contributed by atoms with E-state index in [-0.39, 0.29) is 6.42 Å². The van der Waals surface area contributed by atoms with Crippen molar-refractivity contribution in [3.63, 3.8) is 0 Å². The van der Waals surface area contributed by atoms with Crippen molar-refractivity contribution in [2.45, 2.75) is 45.1 Å². The first kappa shape index (κ1) is 23.5. The highest BCUT2D eigenvalue weighted by atomic mass is 16.5. The van der Waals surface area contributed by atoms with E-state index in [0.717, 1.165) is 57.7 Å². The van der Waals surface area contributed by atoms with Crippen LogP contribution < -0.4 is 0 Å². The fraction of sp³-hybridized carbons (Fsp3) is 0.241. The number of carboxylic acids is 1. The topological polar surface area (TPSA) is 83.6 Å². The molecule has 0 radical (unpaired) electrons. The first-order chi connectivity index (χ1) is 16.5. The lowest BCUT2D eigenvalue weighted by atomic mass is 9.94. The Morgan fingerprint density at radius 3 is 2.32 bits per heavy atom. The number of aromatic nitrogens is 1. The molecular formula is C29H29NO4. The van der Waals surface area contributed by atoms with E-state index >= 15 is 0 Å². The summed E-state index contributed by atoms with van der Waals surface area (Å²) in [5.41, 5.74) is 6.91. The summed E-state index contributed by atoms with van der Waals surface area (Å²) in [7, 11) is 0. The molecule has 0 aliphatic carbocycles. The van der Waals surface area contributed by atoms with Crippen molar-refractivity contribution in [3.05, 3.63) is 101 Å². The smallest absolute Gasteiger partial charge is 0.303 e. The van der Waals surface area contributed by atoms with Crippen molar-refractivity contribution in [1.29, 1.82) is 0 Å². The molecule has 2 N–H and O–H groups in total. The number of hydrogen-bond donors (Lipinski definition) is 2. The third-order valence-electron chi connectivity index (χ3n) is 6.16. The Hall–Kier alpha value is -3.70. The lowest BCUT2D eigenvalue weighted by Crippen LogP contribution is -1.99. The van der Waals surface area contributed by atoms with Crippen molar-refractivity contribution < 1.29 is 19.5 Å². The summed E-state index contributed by atoms with van der Waals surface area (Å²) in [5, 5.41) is 23.7. The van der Waals surface area contributed by atoms with Gasteiger partial charge < -0.3 is 14.7 Å². The van der Waals surface area contributed by atoms with E-state index in [1.54, 1.807) is 0 Å². The second-order valence-corrected chi connectivity index (χ2v) is 8.52. The summed E-state index contributed by atoms with van der Waals surface area (Å²) in [6.45, 7) is 1.95. The van der Waals surface area contributed by atoms with Crippen LogP contribution in [-0.2, 0) is 17.6 Å². The van der Waals surface area contributed by atoms with Gasteiger partial charge in [0.1, 0.15) is 0 Å². The quantitative estimate of drug-likeness (QED) is 0.289. The molecule has 0 saturated carbocycles. The molecule has 34 heavy (non-hydrogen) atoms. The summed E-state index contributed by atoms with van der Waals surface area (Å²) in [5.74, 6) is -0.0351. The second kappa shape index (κ2) is 10.9. The molecule has 0 bridgehead atoms. The maximum Gasteiger partial charge on any atom is 0.303 e. The Bertz CT molecular complexity index is 1230. The first-order valence-corrected chi connectivity index (χ1v) is 11.6. The predicted octanol–water partition coefficient (Wildman–Crippen LogP) is 6.39. The van der Waals surface area contributed by atoms with Crippen molar-refractivity contribution in [3.8, 4) is 22.5 Å². The molecule has 174 valence electrons. The lowest BCUT2D eigenvalue weighted by molar-refractivity contribution is -0.136. The molecule has 4 aromatic rings. The average Bonchev–Trinajstić information content (AvgIpc) is 3.23. The van der Waals surface area contributed by atoms with Crippen molar-refractivity contribution in [2.24, 2.45) is 0 Å². The zero-order valence-corrected chi connectivity index (χ0v) is 19.3. The van der Waals surface area contributed by atoms with Crippen molar-refractivity contribution >= 4 is 5.97 Å². The Balaban J connectivity index is 1.47. The molecule has 5 nitrogen and oxygen atoms in total. The number of hydrogen-bond acceptors (Lipinski definition) is 4. The van der Waals surface area contributed by atoms with Crippen molar-refractivity contribution in [2.75, 3.05) is 0 Å². The van der Waals surface area contributed by atoms with Gasteiger partial charge in [-0.25, -0.2) is 0 Å². The predicted molar refractivity (Wildman–Crippen MR) is 132 cm³/mol. The van der Waals surface area contributed by atoms with Gasteiger partial charge in [-0.3, -0.25) is 4.79 Å². The van der Waals surface area contributed by atoms with Gasteiger partial charge in [-0.05, 0) is 54.9 Å². The number of rotatable bonds is 10. The third kappa shape index (κ3) is 5.61. The maximum atomic E-state index is 11.0. The van der Waals surface area contributed by atoms with Crippen LogP contribution in [0.15, 0.2) is 83.4 Å². The fourth-order valence-electron chi connectivity index (χ4n) is 4.29. The number of aryl methyl sites for hydroxylation is 2. The number of carbonyl (C=O) groups is 1. The normalized spacial score (nSPS) is 11.9. The SMILES string of the molecule is Cc1noc(-c2ccc(-c3ccccc3CCC(=O)O)cc2)c1CCCC(O)c1ccccc1. The number of aliphatic hydroxyl groups is 1. The second-order valence-electron chi connectivity index (χ2n) is 8.52. The van der Waals surface area contributed by atoms with Gasteiger partial charge in [-0.1, -0.05) is 84.0 Å². The molecule has 1 atom stereocenters. The Morgan fingerprint density at radius 2 is 1.59 bits per heavy atom. The molecule has 5 heteroatoms. The zero-order valence-electron chi connectivity index (χ0n) is 19.3. The van der Waals surface area contributed by atoms with Crippen LogP contribution in [0.4, 0.5) is 0 Å². The van der Waals surface area contributed by atoms with Crippen LogP contribution in [0.3, 0.4) is 0 Å². The minimum Gasteiger partial charge on any atom is -0.481 e. The minimum absolute atomic E-state index is 0.106. The van der Waals surface area contributed by atoms with E-state index in [9.17, 15) is 9.90 Å². The molecule has 1 unspecified atom stereocenters. The van der Waals surface area contributed by atoms with Gasteiger partial charge in [0.25, 0.3) is 0 Å². The van der Waals surface area contributed by atoms with E-state index in [4.69, 9.17) is 9.63 Å². The number of nitrogens with zero attached hydrogens (tertiary/aromatic N) is 1. The monoisotopic (exact) mass is 455 g/mol. The summed E-state index contributed by atoms with van der Waals surface area (Å²) < 4.78 is 5.68. The van der Waals surface area contributed by atoms with Gasteiger partial charge in [0.05, 0.1) is 11.8 Å². The van der Waals surface area contributed by atoms with Crippen LogP contribution >= 0.6 is 0 Å². The van der Waals surface area contributed by atoms with Crippen LogP contribution in [0.1, 0.15) is 47.8 Å². The van der Waals surface area contributed by atoms with Gasteiger partial charge in [0, 0.05) is 17.5 Å². The summed E-state index contributed by atoms with van der Waals surface area (Å²) in [6.07, 6.45) is 2.38. The zero-order chi connectivity index (χ0) is 23.9. The van der Waals surface area contributed by atoms with Crippen LogP contribution in [0.5, 0.6) is 0 Å². The van der Waals surface area contributed by atoms with Gasteiger partial charge in [-0.15, -0.1) is 0 Å². The number of benzene rings is 3. The highest BCUT2D eigenvalue weighted by Crippen LogP contribution is 2.32. The van der Waals surface area contributed by atoms with E-state index in [0.29, 0.717) is 12.8 Å². The van der Waals surface area contributed by atoms with E-state index in [1.165, 1.54) is 0 Å². The lowest BCUT2D eigenvalue weighted by Gasteiger charge is -2.11. The van der Waals surface area contributed by atoms with Gasteiger partial charge in [-0.2, -0.15) is 0 Å². The third-order valence-corrected chi connectivity index (χ3v) is 6.16. The molecule has 1 heterocycles. The van der Waals surface area contributed by atoms with E-state index < -0.39 is 12.1 Å². The fourth-order valence-corrected chi connectivity index (χ4v) is 4.29. The van der Waals surface area contributed by atoms with Gasteiger partial charge in [0.15, 0.2) is 5.76 Å². The molecule has 0 saturated heterocycles. The number of carboxylic acid groups (broad SMARTS) is 1. The standard InChI is InChI=1S/C29H29NO4/c1-20-25(12-7-13-27(31)23-9-3-2-4-10-23)29(34-30-20)24-16-14-22(15-17-24)26-11-6-5-8-21(26)18-19-28(32)33/h2-6,8-11,14-17,27,31H,7,12-13,18-19H2,1H3,(H,32,33). The summed E-state index contributed by atoms with van der Waals surface area (Å²) >= 11 is 0. The largest absolute Gasteiger partial charge is 0.481 e. The van der Waals surface area contributed by atoms with Crippen LogP contribution in [0.25, 0.3) is 22.5 Å². The van der Waals surface area contributed by atoms with E-state index in [1.807, 2.05) is 85.8 Å². The Labute approximate surface area is 199 Å². The van der Waals surface area contributed by atoms with Gasteiger partial charge >= 0.3 is 5.97 Å². The highest BCUT2D eigenvalue weighted by molar-refractivity contribution is 5.73. The Kier molecular flexibility index (Phi) is 7.55. The molecule has 0 aliphatic heterocycles. The number of aliphatic carboxylic acids is 1.